The molecule has 1 nitrogen and oxygen atoms in total. The zero-order valence-electron chi connectivity index (χ0n) is 8.52. The minimum Gasteiger partial charge on any atom is -0.313 e. The second kappa shape index (κ2) is 7.69. The van der Waals surface area contributed by atoms with E-state index in [2.05, 4.69) is 32.0 Å². The standard InChI is InChI=1S/C10H21NS/c1-5-9(2)8-11-7-6-10(3)12-4/h10-11H,2,5-8H2,1,3-4H3. The van der Waals surface area contributed by atoms with Crippen LogP contribution in [0.5, 0.6) is 0 Å². The number of nitrogens with one attached hydrogen (secondary N) is 1. The molecule has 0 aromatic rings. The Hall–Kier alpha value is 0.0500. The van der Waals surface area contributed by atoms with Crippen molar-refractivity contribution >= 4 is 11.8 Å². The van der Waals surface area contributed by atoms with Crippen LogP contribution in [0.15, 0.2) is 12.2 Å². The van der Waals surface area contributed by atoms with Gasteiger partial charge in [0.15, 0.2) is 0 Å². The van der Waals surface area contributed by atoms with Crippen LogP contribution in [0.4, 0.5) is 0 Å². The van der Waals surface area contributed by atoms with E-state index in [0.717, 1.165) is 24.8 Å². The Balaban J connectivity index is 3.15. The number of hydrogen-bond donors (Lipinski definition) is 1. The lowest BCUT2D eigenvalue weighted by Crippen LogP contribution is -2.20. The summed E-state index contributed by atoms with van der Waals surface area (Å²) >= 11 is 1.93. The third-order valence-electron chi connectivity index (χ3n) is 2.01. The molecule has 0 aromatic heterocycles. The molecule has 1 unspecified atom stereocenters. The highest BCUT2D eigenvalue weighted by Gasteiger charge is 1.97. The van der Waals surface area contributed by atoms with Gasteiger partial charge in [-0.25, -0.2) is 0 Å². The topological polar surface area (TPSA) is 12.0 Å². The molecule has 72 valence electrons. The Morgan fingerprint density at radius 1 is 1.58 bits per heavy atom. The van der Waals surface area contributed by atoms with Crippen LogP contribution in [0.25, 0.3) is 0 Å². The summed E-state index contributed by atoms with van der Waals surface area (Å²) < 4.78 is 0. The quantitative estimate of drug-likeness (QED) is 0.486. The van der Waals surface area contributed by atoms with Gasteiger partial charge in [-0.3, -0.25) is 0 Å². The Labute approximate surface area is 81.0 Å². The molecule has 0 aliphatic rings. The predicted molar refractivity (Wildman–Crippen MR) is 59.9 cm³/mol. The fourth-order valence-corrected chi connectivity index (χ4v) is 1.17. The summed E-state index contributed by atoms with van der Waals surface area (Å²) in [6.07, 6.45) is 4.50. The molecule has 1 N–H and O–H groups in total. The van der Waals surface area contributed by atoms with Crippen LogP contribution in [0, 0.1) is 0 Å². The van der Waals surface area contributed by atoms with Crippen molar-refractivity contribution in [2.24, 2.45) is 0 Å². The fourth-order valence-electron chi connectivity index (χ4n) is 0.813. The van der Waals surface area contributed by atoms with Crippen molar-refractivity contribution in [2.45, 2.75) is 31.9 Å². The molecule has 0 aliphatic carbocycles. The van der Waals surface area contributed by atoms with E-state index in [9.17, 15) is 0 Å². The highest BCUT2D eigenvalue weighted by molar-refractivity contribution is 7.99. The van der Waals surface area contributed by atoms with Crippen molar-refractivity contribution in [2.75, 3.05) is 19.3 Å². The fraction of sp³-hybridized carbons (Fsp3) is 0.800. The molecule has 2 heteroatoms. The van der Waals surface area contributed by atoms with Gasteiger partial charge in [0, 0.05) is 11.8 Å². The van der Waals surface area contributed by atoms with Crippen LogP contribution in [0.1, 0.15) is 26.7 Å². The Morgan fingerprint density at radius 2 is 2.25 bits per heavy atom. The summed E-state index contributed by atoms with van der Waals surface area (Å²) in [6, 6.07) is 0. The van der Waals surface area contributed by atoms with Crippen molar-refractivity contribution in [3.63, 3.8) is 0 Å². The molecule has 0 saturated heterocycles. The molecule has 12 heavy (non-hydrogen) atoms. The van der Waals surface area contributed by atoms with Gasteiger partial charge >= 0.3 is 0 Å². The van der Waals surface area contributed by atoms with Crippen molar-refractivity contribution in [3.8, 4) is 0 Å². The van der Waals surface area contributed by atoms with E-state index in [1.807, 2.05) is 11.8 Å². The third kappa shape index (κ3) is 6.74. The van der Waals surface area contributed by atoms with Gasteiger partial charge in [-0.1, -0.05) is 26.0 Å². The summed E-state index contributed by atoms with van der Waals surface area (Å²) in [4.78, 5) is 0. The average Bonchev–Trinajstić information content (AvgIpc) is 2.11. The molecule has 0 rings (SSSR count). The van der Waals surface area contributed by atoms with E-state index < -0.39 is 0 Å². The first-order chi connectivity index (χ1) is 5.70. The van der Waals surface area contributed by atoms with Gasteiger partial charge in [-0.05, 0) is 25.6 Å². The summed E-state index contributed by atoms with van der Waals surface area (Å²) in [5.74, 6) is 0. The predicted octanol–water partition coefficient (Wildman–Crippen LogP) is 2.68. The maximum absolute atomic E-state index is 3.94. The van der Waals surface area contributed by atoms with Gasteiger partial charge in [0.05, 0.1) is 0 Å². The van der Waals surface area contributed by atoms with Crippen LogP contribution in [0.3, 0.4) is 0 Å². The van der Waals surface area contributed by atoms with Gasteiger partial charge in [-0.2, -0.15) is 11.8 Å². The highest BCUT2D eigenvalue weighted by Crippen LogP contribution is 2.07. The molecule has 0 heterocycles. The number of thioether (sulfide) groups is 1. The maximum Gasteiger partial charge on any atom is 0.0161 e. The van der Waals surface area contributed by atoms with Gasteiger partial charge < -0.3 is 5.32 Å². The van der Waals surface area contributed by atoms with Crippen molar-refractivity contribution in [1.82, 2.24) is 5.32 Å². The first-order valence-corrected chi connectivity index (χ1v) is 5.89. The van der Waals surface area contributed by atoms with Crippen LogP contribution < -0.4 is 5.32 Å². The van der Waals surface area contributed by atoms with E-state index in [4.69, 9.17) is 0 Å². The smallest absolute Gasteiger partial charge is 0.0161 e. The molecule has 0 fully saturated rings. The van der Waals surface area contributed by atoms with Gasteiger partial charge in [0.25, 0.3) is 0 Å². The van der Waals surface area contributed by atoms with Crippen LogP contribution >= 0.6 is 11.8 Å². The minimum atomic E-state index is 0.771. The van der Waals surface area contributed by atoms with Crippen LogP contribution in [0.2, 0.25) is 0 Å². The molecule has 1 atom stereocenters. The Bertz CT molecular complexity index is 123. The van der Waals surface area contributed by atoms with Crippen molar-refractivity contribution < 1.29 is 0 Å². The second-order valence-corrected chi connectivity index (χ2v) is 4.39. The lowest BCUT2D eigenvalue weighted by molar-refractivity contribution is 0.673. The minimum absolute atomic E-state index is 0.771. The maximum atomic E-state index is 3.94. The molecule has 0 aromatic carbocycles. The Morgan fingerprint density at radius 3 is 2.75 bits per heavy atom. The van der Waals surface area contributed by atoms with Crippen LogP contribution in [-0.4, -0.2) is 24.6 Å². The molecular formula is C10H21NS. The SMILES string of the molecule is C=C(CC)CNCCC(C)SC. The molecule has 0 spiro atoms. The van der Waals surface area contributed by atoms with Crippen molar-refractivity contribution in [3.05, 3.63) is 12.2 Å². The monoisotopic (exact) mass is 187 g/mol. The van der Waals surface area contributed by atoms with E-state index in [-0.39, 0.29) is 0 Å². The summed E-state index contributed by atoms with van der Waals surface area (Å²) in [7, 11) is 0. The van der Waals surface area contributed by atoms with Gasteiger partial charge in [0.2, 0.25) is 0 Å². The van der Waals surface area contributed by atoms with E-state index in [1.54, 1.807) is 0 Å². The van der Waals surface area contributed by atoms with Crippen LogP contribution in [-0.2, 0) is 0 Å². The average molecular weight is 187 g/mol. The second-order valence-electron chi connectivity index (χ2n) is 3.12. The lowest BCUT2D eigenvalue weighted by atomic mass is 10.2. The van der Waals surface area contributed by atoms with Gasteiger partial charge in [0.1, 0.15) is 0 Å². The van der Waals surface area contributed by atoms with Gasteiger partial charge in [-0.15, -0.1) is 0 Å². The highest BCUT2D eigenvalue weighted by atomic mass is 32.2. The zero-order valence-corrected chi connectivity index (χ0v) is 9.34. The zero-order chi connectivity index (χ0) is 9.40. The first kappa shape index (κ1) is 12.0. The van der Waals surface area contributed by atoms with E-state index in [1.165, 1.54) is 12.0 Å². The molecule has 0 aliphatic heterocycles. The first-order valence-electron chi connectivity index (χ1n) is 4.60. The lowest BCUT2D eigenvalue weighted by Gasteiger charge is -2.09. The third-order valence-corrected chi connectivity index (χ3v) is 3.05. The summed E-state index contributed by atoms with van der Waals surface area (Å²) in [6.45, 7) is 10.5. The Kier molecular flexibility index (Phi) is 7.72. The largest absolute Gasteiger partial charge is 0.313 e. The normalized spacial score (nSPS) is 12.9. The molecule has 0 radical (unpaired) electrons. The molecule has 0 amide bonds. The summed E-state index contributed by atoms with van der Waals surface area (Å²) in [5.41, 5.74) is 1.30. The van der Waals surface area contributed by atoms with E-state index >= 15 is 0 Å². The molecular weight excluding hydrogens is 166 g/mol. The van der Waals surface area contributed by atoms with Crippen molar-refractivity contribution in [1.29, 1.82) is 0 Å². The van der Waals surface area contributed by atoms with E-state index in [0.29, 0.717) is 0 Å². The molecule has 0 bridgehead atoms. The number of rotatable bonds is 7. The number of hydrogen-bond acceptors (Lipinski definition) is 2. The summed E-state index contributed by atoms with van der Waals surface area (Å²) in [5, 5.41) is 4.16. The molecule has 0 saturated carbocycles.